The number of hydrogen-bond donors (Lipinski definition) is 1. The molecule has 0 aromatic rings. The summed E-state index contributed by atoms with van der Waals surface area (Å²) in [6, 6.07) is 0. The number of ether oxygens (including phenoxy) is 1. The van der Waals surface area contributed by atoms with Gasteiger partial charge in [-0.05, 0) is 60.0 Å². The van der Waals surface area contributed by atoms with Crippen molar-refractivity contribution in [2.24, 2.45) is 5.92 Å². The van der Waals surface area contributed by atoms with E-state index in [9.17, 15) is 0 Å². The quantitative estimate of drug-likeness (QED) is 0.791. The molecule has 1 atom stereocenters. The summed E-state index contributed by atoms with van der Waals surface area (Å²) in [4.78, 5) is 0. The molecule has 1 N–H and O–H groups in total. The van der Waals surface area contributed by atoms with Gasteiger partial charge >= 0.3 is 0 Å². The largest absolute Gasteiger partial charge is 0.369 e. The molecular formula is C11H24ClNO. The van der Waals surface area contributed by atoms with Crippen LogP contribution in [0.2, 0.25) is 0 Å². The van der Waals surface area contributed by atoms with E-state index in [4.69, 9.17) is 4.74 Å². The third-order valence-electron chi connectivity index (χ3n) is 3.00. The third kappa shape index (κ3) is 3.41. The highest BCUT2D eigenvalue weighted by atomic mass is 35.5. The summed E-state index contributed by atoms with van der Waals surface area (Å²) >= 11 is 0. The van der Waals surface area contributed by atoms with Crippen molar-refractivity contribution in [1.29, 1.82) is 0 Å². The van der Waals surface area contributed by atoms with Crippen LogP contribution in [-0.4, -0.2) is 24.8 Å². The Kier molecular flexibility index (Phi) is 4.89. The van der Waals surface area contributed by atoms with Crippen LogP contribution in [0.3, 0.4) is 0 Å². The van der Waals surface area contributed by atoms with E-state index in [-0.39, 0.29) is 23.6 Å². The van der Waals surface area contributed by atoms with Gasteiger partial charge in [-0.2, -0.15) is 0 Å². The average Bonchev–Trinajstić information content (AvgIpc) is 2.14. The van der Waals surface area contributed by atoms with Crippen molar-refractivity contribution in [2.45, 2.75) is 51.7 Å². The van der Waals surface area contributed by atoms with Crippen molar-refractivity contribution < 1.29 is 4.74 Å². The summed E-state index contributed by atoms with van der Waals surface area (Å²) in [6.07, 6.45) is 2.40. The normalized spacial score (nSPS) is 28.5. The lowest BCUT2D eigenvalue weighted by Crippen LogP contribution is -2.30. The van der Waals surface area contributed by atoms with Crippen LogP contribution in [0.4, 0.5) is 0 Å². The van der Waals surface area contributed by atoms with Crippen molar-refractivity contribution in [2.75, 3.05) is 13.6 Å². The highest BCUT2D eigenvalue weighted by molar-refractivity contribution is 5.85. The van der Waals surface area contributed by atoms with E-state index in [2.05, 4.69) is 33.0 Å². The first-order valence-electron chi connectivity index (χ1n) is 5.22. The second-order valence-electron chi connectivity index (χ2n) is 5.26. The van der Waals surface area contributed by atoms with E-state index in [0.29, 0.717) is 5.92 Å². The Labute approximate surface area is 94.2 Å². The Hall–Kier alpha value is 0.210. The minimum Gasteiger partial charge on any atom is -0.369 e. The highest BCUT2D eigenvalue weighted by Gasteiger charge is 2.44. The summed E-state index contributed by atoms with van der Waals surface area (Å²) in [5.41, 5.74) is 0.127. The zero-order valence-corrected chi connectivity index (χ0v) is 10.8. The molecule has 14 heavy (non-hydrogen) atoms. The number of rotatable bonds is 3. The fraction of sp³-hybridized carbons (Fsp3) is 1.00. The van der Waals surface area contributed by atoms with Crippen molar-refractivity contribution >= 4 is 12.4 Å². The Bertz CT molecular complexity index is 180. The van der Waals surface area contributed by atoms with E-state index in [1.165, 1.54) is 12.8 Å². The van der Waals surface area contributed by atoms with Gasteiger partial charge in [0, 0.05) is 0 Å². The van der Waals surface area contributed by atoms with Crippen molar-refractivity contribution in [3.05, 3.63) is 0 Å². The first kappa shape index (κ1) is 14.2. The Morgan fingerprint density at radius 2 is 1.86 bits per heavy atom. The molecule has 1 aliphatic heterocycles. The molecule has 0 spiro atoms. The molecule has 0 aromatic carbocycles. The molecule has 0 aromatic heterocycles. The van der Waals surface area contributed by atoms with Crippen LogP contribution in [0.5, 0.6) is 0 Å². The molecule has 1 aliphatic rings. The third-order valence-corrected chi connectivity index (χ3v) is 3.00. The Morgan fingerprint density at radius 3 is 2.21 bits per heavy atom. The monoisotopic (exact) mass is 221 g/mol. The summed E-state index contributed by atoms with van der Waals surface area (Å²) < 4.78 is 6.02. The lowest BCUT2D eigenvalue weighted by Gasteiger charge is -2.27. The van der Waals surface area contributed by atoms with Crippen LogP contribution in [0.15, 0.2) is 0 Å². The zero-order valence-electron chi connectivity index (χ0n) is 10.0. The van der Waals surface area contributed by atoms with Gasteiger partial charge in [0.25, 0.3) is 0 Å². The Morgan fingerprint density at radius 1 is 1.29 bits per heavy atom. The predicted octanol–water partition coefficient (Wildman–Crippen LogP) is 2.61. The van der Waals surface area contributed by atoms with Gasteiger partial charge < -0.3 is 10.1 Å². The minimum absolute atomic E-state index is 0. The van der Waals surface area contributed by atoms with E-state index in [0.717, 1.165) is 6.54 Å². The molecule has 3 heteroatoms. The maximum Gasteiger partial charge on any atom is 0.0663 e. The predicted molar refractivity (Wildman–Crippen MR) is 63.1 cm³/mol. The van der Waals surface area contributed by atoms with Gasteiger partial charge in [0.05, 0.1) is 11.2 Å². The fourth-order valence-corrected chi connectivity index (χ4v) is 2.44. The minimum atomic E-state index is 0. The summed E-state index contributed by atoms with van der Waals surface area (Å²) in [7, 11) is 2.01. The molecule has 1 saturated heterocycles. The molecule has 1 unspecified atom stereocenters. The van der Waals surface area contributed by atoms with Crippen LogP contribution in [-0.2, 0) is 4.74 Å². The van der Waals surface area contributed by atoms with Gasteiger partial charge in [-0.15, -0.1) is 12.4 Å². The SMILES string of the molecule is CNCCC1CC(C)(C)OC1(C)C.Cl. The molecule has 0 radical (unpaired) electrons. The lowest BCUT2D eigenvalue weighted by atomic mass is 9.85. The first-order chi connectivity index (χ1) is 5.87. The van der Waals surface area contributed by atoms with Crippen LogP contribution < -0.4 is 5.32 Å². The van der Waals surface area contributed by atoms with E-state index >= 15 is 0 Å². The number of halogens is 1. The van der Waals surface area contributed by atoms with Crippen LogP contribution in [0.1, 0.15) is 40.5 Å². The average molecular weight is 222 g/mol. The van der Waals surface area contributed by atoms with Crippen LogP contribution in [0.25, 0.3) is 0 Å². The topological polar surface area (TPSA) is 21.3 Å². The van der Waals surface area contributed by atoms with Gasteiger partial charge in [0.15, 0.2) is 0 Å². The Balaban J connectivity index is 0.00000169. The lowest BCUT2D eigenvalue weighted by molar-refractivity contribution is -0.0750. The number of hydrogen-bond acceptors (Lipinski definition) is 2. The first-order valence-corrected chi connectivity index (χ1v) is 5.22. The van der Waals surface area contributed by atoms with E-state index < -0.39 is 0 Å². The van der Waals surface area contributed by atoms with Crippen molar-refractivity contribution in [3.8, 4) is 0 Å². The fourth-order valence-electron chi connectivity index (χ4n) is 2.44. The van der Waals surface area contributed by atoms with Crippen LogP contribution in [0, 0.1) is 5.92 Å². The van der Waals surface area contributed by atoms with Gasteiger partial charge in [0.1, 0.15) is 0 Å². The molecule has 0 amide bonds. The molecule has 1 rings (SSSR count). The number of nitrogens with one attached hydrogen (secondary N) is 1. The molecule has 1 heterocycles. The molecule has 0 saturated carbocycles. The maximum absolute atomic E-state index is 6.02. The molecule has 2 nitrogen and oxygen atoms in total. The van der Waals surface area contributed by atoms with Gasteiger partial charge in [-0.25, -0.2) is 0 Å². The summed E-state index contributed by atoms with van der Waals surface area (Å²) in [6.45, 7) is 9.89. The second kappa shape index (κ2) is 4.82. The molecule has 1 fully saturated rings. The van der Waals surface area contributed by atoms with E-state index in [1.807, 2.05) is 7.05 Å². The molecule has 86 valence electrons. The van der Waals surface area contributed by atoms with Gasteiger partial charge in [-0.1, -0.05) is 0 Å². The standard InChI is InChI=1S/C11H23NO.ClH/c1-10(2)8-9(6-7-12-5)11(3,4)13-10;/h9,12H,6-8H2,1-5H3;1H. The molecular weight excluding hydrogens is 198 g/mol. The molecule has 0 bridgehead atoms. The summed E-state index contributed by atoms with van der Waals surface area (Å²) in [5.74, 6) is 0.690. The maximum atomic E-state index is 6.02. The van der Waals surface area contributed by atoms with Gasteiger partial charge in [-0.3, -0.25) is 0 Å². The smallest absolute Gasteiger partial charge is 0.0663 e. The summed E-state index contributed by atoms with van der Waals surface area (Å²) in [5, 5.41) is 3.20. The van der Waals surface area contributed by atoms with Gasteiger partial charge in [0.2, 0.25) is 0 Å². The van der Waals surface area contributed by atoms with Crippen molar-refractivity contribution in [1.82, 2.24) is 5.32 Å². The highest BCUT2D eigenvalue weighted by Crippen LogP contribution is 2.43. The second-order valence-corrected chi connectivity index (χ2v) is 5.26. The van der Waals surface area contributed by atoms with Crippen LogP contribution >= 0.6 is 12.4 Å². The van der Waals surface area contributed by atoms with Crippen molar-refractivity contribution in [3.63, 3.8) is 0 Å². The zero-order chi connectivity index (χ0) is 10.1. The van der Waals surface area contributed by atoms with E-state index in [1.54, 1.807) is 0 Å². The molecule has 0 aliphatic carbocycles.